The highest BCUT2D eigenvalue weighted by Gasteiger charge is 2.18. The van der Waals surface area contributed by atoms with Crippen LogP contribution in [0.15, 0.2) is 145 Å². The summed E-state index contributed by atoms with van der Waals surface area (Å²) in [4.78, 5) is 14.8. The van der Waals surface area contributed by atoms with Gasteiger partial charge in [0.25, 0.3) is 0 Å². The normalized spacial score (nSPS) is 12.6. The van der Waals surface area contributed by atoms with Gasteiger partial charge >= 0.3 is 0 Å². The summed E-state index contributed by atoms with van der Waals surface area (Å²) in [6, 6.07) is 33.7. The number of nitrogens with zero attached hydrogens (tertiary/aromatic N) is 3. The van der Waals surface area contributed by atoms with Crippen molar-refractivity contribution in [2.45, 2.75) is 20.3 Å². The summed E-state index contributed by atoms with van der Waals surface area (Å²) in [7, 11) is 0. The van der Waals surface area contributed by atoms with Crippen molar-refractivity contribution in [1.82, 2.24) is 15.0 Å². The SMILES string of the molecule is C=C/C=C\C(=C/CC)c1nc(/C=C/C=C\C=C/C)nc(-c2cccc3oc4ccc(-c5cc#cc6ccc7ccccc7c56)cc4c23)n1. The largest absolute Gasteiger partial charge is 0.456 e. The van der Waals surface area contributed by atoms with E-state index in [1.54, 1.807) is 6.08 Å². The van der Waals surface area contributed by atoms with E-state index >= 15 is 0 Å². The van der Waals surface area contributed by atoms with Gasteiger partial charge in [0.15, 0.2) is 17.5 Å². The van der Waals surface area contributed by atoms with Gasteiger partial charge in [0.2, 0.25) is 0 Å². The zero-order valence-corrected chi connectivity index (χ0v) is 26.9. The lowest BCUT2D eigenvalue weighted by molar-refractivity contribution is 0.669. The van der Waals surface area contributed by atoms with E-state index in [-0.39, 0.29) is 0 Å². The summed E-state index contributed by atoms with van der Waals surface area (Å²) in [5, 5.41) is 6.51. The van der Waals surface area contributed by atoms with E-state index in [2.05, 4.69) is 86.3 Å². The Bertz CT molecular complexity index is 2470. The second kappa shape index (κ2) is 13.6. The standard InChI is InChI=1S/C44H33N3O/c1-4-7-9-10-11-24-40-45-43(32(16-6-3)17-8-5-2)47-44(46-40)36-22-15-23-39-42(36)37-29-33(27-28-38(37)48-39)35-21-14-19-31-26-25-30-18-12-13-20-34(30)41(31)35/h4-5,7-13,15-18,20-29H,2,6H2,1,3H3/b7-4-,10-9-,17-8-,24-11+,32-16+. The third kappa shape index (κ3) is 5.86. The molecule has 2 heterocycles. The number of rotatable bonds is 9. The van der Waals surface area contributed by atoms with Crippen LogP contribution in [0.25, 0.3) is 77.6 Å². The monoisotopic (exact) mass is 619 g/mol. The third-order valence-corrected chi connectivity index (χ3v) is 8.19. The summed E-state index contributed by atoms with van der Waals surface area (Å²) in [5.41, 5.74) is 5.51. The minimum Gasteiger partial charge on any atom is -0.456 e. The van der Waals surface area contributed by atoms with Gasteiger partial charge in [0.05, 0.1) is 0 Å². The van der Waals surface area contributed by atoms with Crippen molar-refractivity contribution in [3.63, 3.8) is 0 Å². The maximum Gasteiger partial charge on any atom is 0.164 e. The van der Waals surface area contributed by atoms with E-state index in [0.717, 1.165) is 61.4 Å². The van der Waals surface area contributed by atoms with E-state index in [1.165, 1.54) is 10.8 Å². The maximum atomic E-state index is 6.42. The van der Waals surface area contributed by atoms with E-state index in [1.807, 2.05) is 79.8 Å². The van der Waals surface area contributed by atoms with Gasteiger partial charge in [-0.2, -0.15) is 0 Å². The third-order valence-electron chi connectivity index (χ3n) is 8.19. The smallest absolute Gasteiger partial charge is 0.164 e. The minimum atomic E-state index is 0.564. The lowest BCUT2D eigenvalue weighted by Gasteiger charge is -2.09. The molecule has 0 aliphatic rings. The van der Waals surface area contributed by atoms with Crippen molar-refractivity contribution in [3.8, 4) is 22.5 Å². The molecule has 0 bridgehead atoms. The van der Waals surface area contributed by atoms with Crippen molar-refractivity contribution in [2.75, 3.05) is 0 Å². The Morgan fingerprint density at radius 2 is 1.71 bits per heavy atom. The summed E-state index contributed by atoms with van der Waals surface area (Å²) in [6.07, 6.45) is 20.3. The molecule has 0 N–H and O–H groups in total. The van der Waals surface area contributed by atoms with Gasteiger partial charge in [-0.05, 0) is 71.7 Å². The van der Waals surface area contributed by atoms with Crippen LogP contribution in [0.4, 0.5) is 0 Å². The first kappa shape index (κ1) is 30.3. The van der Waals surface area contributed by atoms with E-state index in [4.69, 9.17) is 19.4 Å². The minimum absolute atomic E-state index is 0.564. The molecular weight excluding hydrogens is 587 g/mol. The summed E-state index contributed by atoms with van der Waals surface area (Å²) in [6.45, 7) is 7.93. The summed E-state index contributed by atoms with van der Waals surface area (Å²) >= 11 is 0. The highest BCUT2D eigenvalue weighted by atomic mass is 16.3. The van der Waals surface area contributed by atoms with Crippen LogP contribution in [-0.2, 0) is 0 Å². The summed E-state index contributed by atoms with van der Waals surface area (Å²) < 4.78 is 6.42. The Balaban J connectivity index is 1.45. The molecule has 0 unspecified atom stereocenters. The molecule has 7 rings (SSSR count). The Kier molecular flexibility index (Phi) is 8.59. The molecule has 0 aliphatic carbocycles. The van der Waals surface area contributed by atoms with Gasteiger partial charge in [-0.3, -0.25) is 0 Å². The topological polar surface area (TPSA) is 51.8 Å². The van der Waals surface area contributed by atoms with Crippen LogP contribution in [0.2, 0.25) is 0 Å². The highest BCUT2D eigenvalue weighted by Crippen LogP contribution is 2.40. The van der Waals surface area contributed by atoms with Crippen LogP contribution in [0.3, 0.4) is 0 Å². The maximum absolute atomic E-state index is 6.42. The van der Waals surface area contributed by atoms with Crippen molar-refractivity contribution < 1.29 is 4.42 Å². The molecule has 4 nitrogen and oxygen atoms in total. The van der Waals surface area contributed by atoms with E-state index in [0.29, 0.717) is 17.5 Å². The van der Waals surface area contributed by atoms with Gasteiger partial charge < -0.3 is 4.42 Å². The van der Waals surface area contributed by atoms with Gasteiger partial charge in [-0.15, -0.1) is 0 Å². The van der Waals surface area contributed by atoms with Crippen molar-refractivity contribution in [1.29, 1.82) is 0 Å². The molecule has 0 atom stereocenters. The second-order valence-corrected chi connectivity index (χ2v) is 11.3. The van der Waals surface area contributed by atoms with Crippen LogP contribution in [0.1, 0.15) is 31.9 Å². The number of benzene rings is 4. The Labute approximate surface area is 280 Å². The number of furan rings is 1. The van der Waals surface area contributed by atoms with Crippen molar-refractivity contribution in [2.24, 2.45) is 0 Å². The Hall–Kier alpha value is -6.31. The van der Waals surface area contributed by atoms with E-state index in [9.17, 15) is 0 Å². The van der Waals surface area contributed by atoms with Crippen molar-refractivity contribution in [3.05, 3.63) is 164 Å². The molecule has 4 heteroatoms. The lowest BCUT2D eigenvalue weighted by Crippen LogP contribution is -2.02. The summed E-state index contributed by atoms with van der Waals surface area (Å²) in [5.74, 6) is 1.73. The number of fused-ring (bicyclic) bond motifs is 6. The molecule has 0 amide bonds. The zero-order valence-electron chi connectivity index (χ0n) is 26.9. The predicted molar refractivity (Wildman–Crippen MR) is 201 cm³/mol. The average molecular weight is 620 g/mol. The average Bonchev–Trinajstić information content (AvgIpc) is 3.51. The quantitative estimate of drug-likeness (QED) is 0.151. The fourth-order valence-corrected chi connectivity index (χ4v) is 6.06. The molecule has 2 aromatic heterocycles. The highest BCUT2D eigenvalue weighted by molar-refractivity contribution is 6.16. The molecule has 0 aliphatic heterocycles. The fourth-order valence-electron chi connectivity index (χ4n) is 6.06. The van der Waals surface area contributed by atoms with E-state index < -0.39 is 0 Å². The number of hydrogen-bond acceptors (Lipinski definition) is 4. The fraction of sp³-hybridized carbons (Fsp3) is 0.0682. The molecule has 5 aromatic carbocycles. The second-order valence-electron chi connectivity index (χ2n) is 11.3. The molecule has 0 saturated carbocycles. The first-order valence-electron chi connectivity index (χ1n) is 16.1. The van der Waals surface area contributed by atoms with Crippen LogP contribution < -0.4 is 0 Å². The molecule has 0 radical (unpaired) electrons. The molecule has 7 aromatic rings. The van der Waals surface area contributed by atoms with Crippen LogP contribution in [0, 0.1) is 12.1 Å². The molecule has 0 fully saturated rings. The van der Waals surface area contributed by atoms with Gasteiger partial charge in [0, 0.05) is 32.7 Å². The van der Waals surface area contributed by atoms with Gasteiger partial charge in [-0.25, -0.2) is 15.0 Å². The molecular formula is C44H33N3O. The van der Waals surface area contributed by atoms with Crippen LogP contribution in [-0.4, -0.2) is 15.0 Å². The first-order valence-corrected chi connectivity index (χ1v) is 16.1. The van der Waals surface area contributed by atoms with Gasteiger partial charge in [-0.1, -0.05) is 129 Å². The number of hydrogen-bond donors (Lipinski definition) is 0. The molecule has 0 saturated heterocycles. The van der Waals surface area contributed by atoms with Crippen LogP contribution in [0.5, 0.6) is 0 Å². The zero-order chi connectivity index (χ0) is 32.9. The molecule has 0 spiro atoms. The number of allylic oxidation sites excluding steroid dienone is 10. The Morgan fingerprint density at radius 1 is 0.812 bits per heavy atom. The number of aromatic nitrogens is 3. The Morgan fingerprint density at radius 3 is 2.58 bits per heavy atom. The molecule has 48 heavy (non-hydrogen) atoms. The lowest BCUT2D eigenvalue weighted by atomic mass is 9.94. The van der Waals surface area contributed by atoms with Crippen molar-refractivity contribution >= 4 is 55.1 Å². The predicted octanol–water partition coefficient (Wildman–Crippen LogP) is 11.7. The van der Waals surface area contributed by atoms with Crippen LogP contribution >= 0.6 is 0 Å². The molecule has 230 valence electrons. The first-order chi connectivity index (χ1) is 23.7. The van der Waals surface area contributed by atoms with Gasteiger partial charge in [0.1, 0.15) is 11.2 Å².